The zero-order valence-corrected chi connectivity index (χ0v) is 12.2. The van der Waals surface area contributed by atoms with Gasteiger partial charge < -0.3 is 4.57 Å². The Bertz CT molecular complexity index is 659. The highest BCUT2D eigenvalue weighted by atomic mass is 16.6. The molecule has 1 aromatic carbocycles. The van der Waals surface area contributed by atoms with Crippen molar-refractivity contribution in [3.8, 4) is 0 Å². The van der Waals surface area contributed by atoms with Crippen LogP contribution < -0.4 is 0 Å². The van der Waals surface area contributed by atoms with Gasteiger partial charge in [-0.15, -0.1) is 0 Å². The molecule has 21 heavy (non-hydrogen) atoms. The fourth-order valence-corrected chi connectivity index (χ4v) is 3.06. The molecule has 1 aliphatic rings. The molecule has 5 nitrogen and oxygen atoms in total. The Hall–Kier alpha value is -2.17. The summed E-state index contributed by atoms with van der Waals surface area (Å²) in [6, 6.07) is 6.84. The van der Waals surface area contributed by atoms with Crippen LogP contribution in [-0.2, 0) is 25.8 Å². The summed E-state index contributed by atoms with van der Waals surface area (Å²) in [5, 5.41) is 10.7. The van der Waals surface area contributed by atoms with Crippen LogP contribution in [0.4, 0.5) is 5.69 Å². The molecular weight excluding hydrogens is 266 g/mol. The smallest absolute Gasteiger partial charge is 0.269 e. The summed E-state index contributed by atoms with van der Waals surface area (Å²) in [4.78, 5) is 15.0. The molecule has 3 rings (SSSR count). The summed E-state index contributed by atoms with van der Waals surface area (Å²) in [6.45, 7) is 2.96. The van der Waals surface area contributed by atoms with Crippen molar-refractivity contribution in [1.82, 2.24) is 9.55 Å². The lowest BCUT2D eigenvalue weighted by Crippen LogP contribution is -2.11. The Kier molecular flexibility index (Phi) is 3.73. The third kappa shape index (κ3) is 2.82. The summed E-state index contributed by atoms with van der Waals surface area (Å²) in [5.41, 5.74) is 3.93. The second-order valence-electron chi connectivity index (χ2n) is 5.58. The Morgan fingerprint density at radius 1 is 1.24 bits per heavy atom. The molecule has 0 bridgehead atoms. The van der Waals surface area contributed by atoms with E-state index < -0.39 is 0 Å². The van der Waals surface area contributed by atoms with Gasteiger partial charge in [-0.2, -0.15) is 0 Å². The van der Waals surface area contributed by atoms with Gasteiger partial charge in [0, 0.05) is 24.4 Å². The van der Waals surface area contributed by atoms with Crippen LogP contribution in [-0.4, -0.2) is 14.5 Å². The zero-order valence-electron chi connectivity index (χ0n) is 12.2. The molecule has 1 aromatic heterocycles. The molecule has 0 radical (unpaired) electrons. The number of imidazole rings is 1. The van der Waals surface area contributed by atoms with E-state index in [-0.39, 0.29) is 10.6 Å². The maximum Gasteiger partial charge on any atom is 0.269 e. The summed E-state index contributed by atoms with van der Waals surface area (Å²) in [5.74, 6) is 1.09. The van der Waals surface area contributed by atoms with E-state index in [1.54, 1.807) is 12.1 Å². The molecule has 1 heterocycles. The summed E-state index contributed by atoms with van der Waals surface area (Å²) in [6.07, 6.45) is 5.58. The Morgan fingerprint density at radius 3 is 2.67 bits per heavy atom. The average Bonchev–Trinajstić information content (AvgIpc) is 2.81. The number of aryl methyl sites for hydroxylation is 3. The predicted octanol–water partition coefficient (Wildman–Crippen LogP) is 3.22. The number of nitro groups is 1. The molecule has 0 atom stereocenters. The fraction of sp³-hybridized carbons (Fsp3) is 0.438. The van der Waals surface area contributed by atoms with Crippen LogP contribution in [0, 0.1) is 17.0 Å². The maximum atomic E-state index is 10.7. The number of non-ortho nitro benzene ring substituents is 1. The first-order valence-electron chi connectivity index (χ1n) is 7.43. The number of hydrogen-bond acceptors (Lipinski definition) is 3. The Balaban J connectivity index is 1.73. The van der Waals surface area contributed by atoms with Crippen LogP contribution in [0.5, 0.6) is 0 Å². The van der Waals surface area contributed by atoms with Crippen LogP contribution >= 0.6 is 0 Å². The Labute approximate surface area is 123 Å². The van der Waals surface area contributed by atoms with E-state index in [4.69, 9.17) is 0 Å². The van der Waals surface area contributed by atoms with Gasteiger partial charge in [0.1, 0.15) is 5.82 Å². The number of fused-ring (bicyclic) bond motifs is 1. The van der Waals surface area contributed by atoms with Crippen molar-refractivity contribution in [2.45, 2.75) is 45.6 Å². The lowest BCUT2D eigenvalue weighted by Gasteiger charge is -2.14. The molecule has 2 aromatic rings. The van der Waals surface area contributed by atoms with Crippen LogP contribution in [0.1, 0.15) is 35.6 Å². The van der Waals surface area contributed by atoms with Crippen molar-refractivity contribution >= 4 is 5.69 Å². The van der Waals surface area contributed by atoms with Gasteiger partial charge >= 0.3 is 0 Å². The van der Waals surface area contributed by atoms with Gasteiger partial charge in [0.2, 0.25) is 0 Å². The monoisotopic (exact) mass is 285 g/mol. The van der Waals surface area contributed by atoms with E-state index in [2.05, 4.69) is 16.5 Å². The van der Waals surface area contributed by atoms with Crippen LogP contribution in [0.25, 0.3) is 0 Å². The lowest BCUT2D eigenvalue weighted by atomic mass is 10.0. The van der Waals surface area contributed by atoms with Gasteiger partial charge in [-0.1, -0.05) is 12.1 Å². The first kappa shape index (κ1) is 13.8. The molecule has 0 aliphatic heterocycles. The maximum absolute atomic E-state index is 10.7. The van der Waals surface area contributed by atoms with E-state index in [9.17, 15) is 10.1 Å². The third-order valence-corrected chi connectivity index (χ3v) is 4.19. The number of aromatic nitrogens is 2. The van der Waals surface area contributed by atoms with Crippen molar-refractivity contribution in [3.63, 3.8) is 0 Å². The zero-order chi connectivity index (χ0) is 14.8. The third-order valence-electron chi connectivity index (χ3n) is 4.19. The first-order valence-corrected chi connectivity index (χ1v) is 7.43. The number of hydrogen-bond donors (Lipinski definition) is 0. The molecule has 110 valence electrons. The van der Waals surface area contributed by atoms with Crippen molar-refractivity contribution in [2.24, 2.45) is 0 Å². The minimum absolute atomic E-state index is 0.148. The molecule has 5 heteroatoms. The molecule has 0 saturated carbocycles. The molecule has 0 spiro atoms. The Morgan fingerprint density at radius 2 is 1.95 bits per heavy atom. The minimum atomic E-state index is -0.361. The van der Waals surface area contributed by atoms with E-state index in [1.165, 1.54) is 24.2 Å². The molecule has 0 unspecified atom stereocenters. The highest BCUT2D eigenvalue weighted by Crippen LogP contribution is 2.22. The largest absolute Gasteiger partial charge is 0.332 e. The molecule has 0 saturated heterocycles. The second kappa shape index (κ2) is 5.68. The summed E-state index contributed by atoms with van der Waals surface area (Å²) in [7, 11) is 0. The van der Waals surface area contributed by atoms with Gasteiger partial charge in [-0.3, -0.25) is 10.1 Å². The average molecular weight is 285 g/mol. The molecule has 1 aliphatic carbocycles. The summed E-state index contributed by atoms with van der Waals surface area (Å²) < 4.78 is 2.32. The highest BCUT2D eigenvalue weighted by molar-refractivity contribution is 5.33. The number of benzene rings is 1. The molecule has 0 N–H and O–H groups in total. The van der Waals surface area contributed by atoms with Crippen LogP contribution in [0.3, 0.4) is 0 Å². The van der Waals surface area contributed by atoms with E-state index in [0.717, 1.165) is 37.2 Å². The van der Waals surface area contributed by atoms with Crippen molar-refractivity contribution in [3.05, 3.63) is 57.2 Å². The second-order valence-corrected chi connectivity index (χ2v) is 5.58. The van der Waals surface area contributed by atoms with Crippen molar-refractivity contribution < 1.29 is 4.92 Å². The minimum Gasteiger partial charge on any atom is -0.332 e. The van der Waals surface area contributed by atoms with Gasteiger partial charge in [0.05, 0.1) is 10.6 Å². The molecule has 0 amide bonds. The predicted molar refractivity (Wildman–Crippen MR) is 80.4 cm³/mol. The van der Waals surface area contributed by atoms with Crippen LogP contribution in [0.15, 0.2) is 24.3 Å². The van der Waals surface area contributed by atoms with Crippen LogP contribution in [0.2, 0.25) is 0 Å². The number of nitro benzene ring substituents is 1. The summed E-state index contributed by atoms with van der Waals surface area (Å²) >= 11 is 0. The quantitative estimate of drug-likeness (QED) is 0.640. The highest BCUT2D eigenvalue weighted by Gasteiger charge is 2.17. The van der Waals surface area contributed by atoms with E-state index >= 15 is 0 Å². The standard InChI is InChI=1S/C16H19N3O2/c1-12-17-15-4-2-3-5-16(15)18(12)11-10-13-6-8-14(9-7-13)19(20)21/h6-9H,2-5,10-11H2,1H3. The van der Waals surface area contributed by atoms with Gasteiger partial charge in [0.15, 0.2) is 0 Å². The van der Waals surface area contributed by atoms with Gasteiger partial charge in [-0.25, -0.2) is 4.98 Å². The van der Waals surface area contributed by atoms with E-state index in [1.807, 2.05) is 12.1 Å². The van der Waals surface area contributed by atoms with E-state index in [0.29, 0.717) is 0 Å². The van der Waals surface area contributed by atoms with Crippen molar-refractivity contribution in [2.75, 3.05) is 0 Å². The first-order chi connectivity index (χ1) is 10.1. The SMILES string of the molecule is Cc1nc2c(n1CCc1ccc([N+](=O)[O-])cc1)CCCC2. The topological polar surface area (TPSA) is 61.0 Å². The van der Waals surface area contributed by atoms with Gasteiger partial charge in [0.25, 0.3) is 5.69 Å². The fourth-order valence-electron chi connectivity index (χ4n) is 3.06. The normalized spacial score (nSPS) is 14.0. The van der Waals surface area contributed by atoms with Gasteiger partial charge in [-0.05, 0) is 44.6 Å². The van der Waals surface area contributed by atoms with Crippen molar-refractivity contribution in [1.29, 1.82) is 0 Å². The molecular formula is C16H19N3O2. The molecule has 0 fully saturated rings. The lowest BCUT2D eigenvalue weighted by molar-refractivity contribution is -0.384. The number of rotatable bonds is 4. The number of nitrogens with zero attached hydrogens (tertiary/aromatic N) is 3.